The van der Waals surface area contributed by atoms with Crippen LogP contribution in [0.2, 0.25) is 10.0 Å². The van der Waals surface area contributed by atoms with Crippen LogP contribution < -0.4 is 20.1 Å². The summed E-state index contributed by atoms with van der Waals surface area (Å²) in [5, 5.41) is 4.18. The number of hydrogen-bond donors (Lipinski definition) is 3. The van der Waals surface area contributed by atoms with Gasteiger partial charge in [0.05, 0.1) is 27.7 Å². The highest BCUT2D eigenvalue weighted by Gasteiger charge is 2.28. The Bertz CT molecular complexity index is 1400. The normalized spacial score (nSPS) is 11.5. The first-order chi connectivity index (χ1) is 17.3. The van der Waals surface area contributed by atoms with Gasteiger partial charge >= 0.3 is 6.18 Å². The average Bonchev–Trinajstić information content (AvgIpc) is 2.83. The fourth-order valence-corrected chi connectivity index (χ4v) is 4.28. The largest absolute Gasteiger partial charge is 0.456 e. The molecular weight excluding hydrogens is 558 g/mol. The summed E-state index contributed by atoms with van der Waals surface area (Å²) in [6, 6.07) is 15.8. The number of amides is 2. The van der Waals surface area contributed by atoms with Gasteiger partial charge < -0.3 is 15.4 Å². The number of ether oxygens (including phenoxy) is 1. The minimum atomic E-state index is -4.61. The number of nitrogens with one attached hydrogen (secondary N) is 3. The van der Waals surface area contributed by atoms with Crippen molar-refractivity contribution < 1.29 is 35.9 Å². The number of alkyl halides is 3. The summed E-state index contributed by atoms with van der Waals surface area (Å²) < 4.78 is 70.4. The monoisotopic (exact) mass is 575 g/mol. The van der Waals surface area contributed by atoms with E-state index in [1.54, 1.807) is 29.6 Å². The van der Waals surface area contributed by atoms with E-state index in [-0.39, 0.29) is 21.2 Å². The van der Waals surface area contributed by atoms with Gasteiger partial charge in [0.25, 0.3) is 15.9 Å². The van der Waals surface area contributed by atoms with Gasteiger partial charge in [-0.15, -0.1) is 0 Å². The van der Waals surface area contributed by atoms with Crippen molar-refractivity contribution in [3.8, 4) is 11.5 Å². The molecule has 0 aromatic heterocycles. The summed E-state index contributed by atoms with van der Waals surface area (Å²) in [5.74, 6) is -1.33. The molecule has 0 spiro atoms. The minimum absolute atomic E-state index is 0.0793. The van der Waals surface area contributed by atoms with Crippen molar-refractivity contribution in [1.82, 2.24) is 10.6 Å². The molecule has 196 valence electrons. The van der Waals surface area contributed by atoms with E-state index in [0.29, 0.717) is 16.5 Å². The zero-order chi connectivity index (χ0) is 27.2. The molecular formula is C23H18Cl2F3N3O5S. The van der Waals surface area contributed by atoms with E-state index in [2.05, 4.69) is 10.0 Å². The first-order valence-electron chi connectivity index (χ1n) is 10.3. The summed E-state index contributed by atoms with van der Waals surface area (Å²) in [6.45, 7) is -2.34. The molecule has 0 aliphatic carbocycles. The Morgan fingerprint density at radius 3 is 2.24 bits per heavy atom. The molecule has 2 amide bonds. The maximum absolute atomic E-state index is 12.9. The lowest BCUT2D eigenvalue weighted by Crippen LogP contribution is -2.41. The Morgan fingerprint density at radius 2 is 1.59 bits per heavy atom. The molecule has 0 aliphatic rings. The second-order valence-electron chi connectivity index (χ2n) is 7.37. The Hall–Kier alpha value is -3.48. The molecule has 3 rings (SSSR count). The van der Waals surface area contributed by atoms with Crippen LogP contribution in [-0.4, -0.2) is 39.5 Å². The van der Waals surface area contributed by atoms with Crippen LogP contribution in [0.4, 0.5) is 18.9 Å². The highest BCUT2D eigenvalue weighted by Crippen LogP contribution is 2.30. The number of sulfonamides is 1. The molecule has 0 radical (unpaired) electrons. The number of benzene rings is 3. The van der Waals surface area contributed by atoms with Gasteiger partial charge in [-0.1, -0.05) is 35.3 Å². The van der Waals surface area contributed by atoms with Crippen LogP contribution in [0.3, 0.4) is 0 Å². The molecule has 0 aliphatic heterocycles. The van der Waals surface area contributed by atoms with Crippen LogP contribution in [0.5, 0.6) is 11.5 Å². The third-order valence-electron chi connectivity index (χ3n) is 4.56. The van der Waals surface area contributed by atoms with Gasteiger partial charge in [0.1, 0.15) is 18.0 Å². The van der Waals surface area contributed by atoms with Crippen LogP contribution >= 0.6 is 23.2 Å². The van der Waals surface area contributed by atoms with Gasteiger partial charge in [0.15, 0.2) is 0 Å². The van der Waals surface area contributed by atoms with Crippen molar-refractivity contribution in [1.29, 1.82) is 0 Å². The van der Waals surface area contributed by atoms with Gasteiger partial charge in [-0.05, 0) is 54.6 Å². The summed E-state index contributed by atoms with van der Waals surface area (Å²) in [6.07, 6.45) is -4.61. The second kappa shape index (κ2) is 11.7. The molecule has 0 atom stereocenters. The SMILES string of the molecule is O=C(CNC(=O)c1cc(Cl)ccc1NS(=O)(=O)c1ccc(Oc2ccccc2Cl)cc1)NCC(F)(F)F. The van der Waals surface area contributed by atoms with E-state index in [9.17, 15) is 31.2 Å². The van der Waals surface area contributed by atoms with E-state index < -0.39 is 41.1 Å². The first kappa shape index (κ1) is 28.1. The van der Waals surface area contributed by atoms with Crippen molar-refractivity contribution >= 4 is 50.7 Å². The van der Waals surface area contributed by atoms with Gasteiger partial charge in [-0.2, -0.15) is 13.2 Å². The van der Waals surface area contributed by atoms with Crippen LogP contribution in [0.15, 0.2) is 71.6 Å². The zero-order valence-corrected chi connectivity index (χ0v) is 20.9. The van der Waals surface area contributed by atoms with Crippen molar-refractivity contribution in [3.63, 3.8) is 0 Å². The van der Waals surface area contributed by atoms with E-state index in [0.717, 1.165) is 6.07 Å². The lowest BCUT2D eigenvalue weighted by atomic mass is 10.1. The second-order valence-corrected chi connectivity index (χ2v) is 9.90. The summed E-state index contributed by atoms with van der Waals surface area (Å²) in [5.41, 5.74) is -0.424. The number of carbonyl (C=O) groups is 2. The van der Waals surface area contributed by atoms with Crippen LogP contribution in [0.25, 0.3) is 0 Å². The quantitative estimate of drug-likeness (QED) is 0.332. The zero-order valence-electron chi connectivity index (χ0n) is 18.6. The number of carbonyl (C=O) groups excluding carboxylic acids is 2. The van der Waals surface area contributed by atoms with Gasteiger partial charge in [0, 0.05) is 5.02 Å². The topological polar surface area (TPSA) is 114 Å². The van der Waals surface area contributed by atoms with Crippen molar-refractivity contribution in [2.45, 2.75) is 11.1 Å². The summed E-state index contributed by atoms with van der Waals surface area (Å²) >= 11 is 12.0. The fraction of sp³-hybridized carbons (Fsp3) is 0.130. The lowest BCUT2D eigenvalue weighted by Gasteiger charge is -2.14. The standard InChI is InChI=1S/C23H18Cl2F3N3O5S/c24-14-5-10-19(17(11-14)22(33)29-12-21(32)30-13-23(26,27)28)31-37(34,35)16-8-6-15(7-9-16)36-20-4-2-1-3-18(20)25/h1-11,31H,12-13H2,(H,29,33)(H,30,32). The van der Waals surface area contributed by atoms with Gasteiger partial charge in [-0.25, -0.2) is 8.42 Å². The predicted octanol–water partition coefficient (Wildman–Crippen LogP) is 4.99. The molecule has 37 heavy (non-hydrogen) atoms. The summed E-state index contributed by atoms with van der Waals surface area (Å²) in [7, 11) is -4.20. The Balaban J connectivity index is 1.72. The molecule has 8 nitrogen and oxygen atoms in total. The average molecular weight is 576 g/mol. The molecule has 0 bridgehead atoms. The first-order valence-corrected chi connectivity index (χ1v) is 12.5. The van der Waals surface area contributed by atoms with E-state index in [1.165, 1.54) is 36.4 Å². The number of para-hydroxylation sites is 1. The number of rotatable bonds is 9. The number of hydrogen-bond acceptors (Lipinski definition) is 5. The van der Waals surface area contributed by atoms with E-state index in [4.69, 9.17) is 27.9 Å². The molecule has 0 heterocycles. The molecule has 3 aromatic carbocycles. The van der Waals surface area contributed by atoms with Crippen molar-refractivity contribution in [2.24, 2.45) is 0 Å². The number of halogens is 5. The maximum atomic E-state index is 12.9. The highest BCUT2D eigenvalue weighted by atomic mass is 35.5. The molecule has 0 saturated heterocycles. The Morgan fingerprint density at radius 1 is 0.919 bits per heavy atom. The lowest BCUT2D eigenvalue weighted by molar-refractivity contribution is -0.137. The van der Waals surface area contributed by atoms with Crippen molar-refractivity contribution in [3.05, 3.63) is 82.3 Å². The Labute approximate surface area is 219 Å². The van der Waals surface area contributed by atoms with E-state index >= 15 is 0 Å². The van der Waals surface area contributed by atoms with Gasteiger partial charge in [-0.3, -0.25) is 14.3 Å². The van der Waals surface area contributed by atoms with Crippen LogP contribution in [-0.2, 0) is 14.8 Å². The van der Waals surface area contributed by atoms with Crippen molar-refractivity contribution in [2.75, 3.05) is 17.8 Å². The fourth-order valence-electron chi connectivity index (χ4n) is 2.86. The predicted molar refractivity (Wildman–Crippen MR) is 132 cm³/mol. The smallest absolute Gasteiger partial charge is 0.405 e. The number of anilines is 1. The molecule has 0 saturated carbocycles. The van der Waals surface area contributed by atoms with Crippen LogP contribution in [0, 0.1) is 0 Å². The van der Waals surface area contributed by atoms with E-state index in [1.807, 2.05) is 0 Å². The molecule has 0 fully saturated rings. The minimum Gasteiger partial charge on any atom is -0.456 e. The van der Waals surface area contributed by atoms with Crippen LogP contribution in [0.1, 0.15) is 10.4 Å². The third kappa shape index (κ3) is 8.27. The third-order valence-corrected chi connectivity index (χ3v) is 6.49. The van der Waals surface area contributed by atoms with Gasteiger partial charge in [0.2, 0.25) is 5.91 Å². The molecule has 3 N–H and O–H groups in total. The summed E-state index contributed by atoms with van der Waals surface area (Å²) in [4.78, 5) is 24.0. The Kier molecular flexibility index (Phi) is 8.89. The molecule has 14 heteroatoms. The highest BCUT2D eigenvalue weighted by molar-refractivity contribution is 7.92. The molecule has 0 unspecified atom stereocenters. The molecule has 3 aromatic rings. The maximum Gasteiger partial charge on any atom is 0.405 e.